The molecule has 1 aromatic rings. The van der Waals surface area contributed by atoms with Gasteiger partial charge in [0.1, 0.15) is 5.82 Å². The zero-order valence-electron chi connectivity index (χ0n) is 8.93. The maximum Gasteiger partial charge on any atom is 0.319 e. The van der Waals surface area contributed by atoms with Crippen molar-refractivity contribution in [3.63, 3.8) is 0 Å². The Labute approximate surface area is 88.7 Å². The van der Waals surface area contributed by atoms with Crippen molar-refractivity contribution in [3.05, 3.63) is 29.6 Å². The molecule has 0 heterocycles. The molecular weight excluding hydrogens is 195 g/mol. The molecule has 0 spiro atoms. The second-order valence-electron chi connectivity index (χ2n) is 3.36. The van der Waals surface area contributed by atoms with E-state index < -0.39 is 5.82 Å². The van der Waals surface area contributed by atoms with E-state index in [1.54, 1.807) is 19.1 Å². The molecule has 0 unspecified atom stereocenters. The molecule has 0 aliphatic rings. The number of hydrogen-bond acceptors (Lipinski definition) is 1. The summed E-state index contributed by atoms with van der Waals surface area (Å²) >= 11 is 0. The largest absolute Gasteiger partial charge is 0.338 e. The van der Waals surface area contributed by atoms with Crippen molar-refractivity contribution in [2.24, 2.45) is 0 Å². The van der Waals surface area contributed by atoms with Crippen molar-refractivity contribution < 1.29 is 9.18 Å². The molecule has 0 aliphatic carbocycles. The zero-order valence-corrected chi connectivity index (χ0v) is 8.93. The minimum absolute atomic E-state index is 0.203. The molecular formula is C11H15FN2O. The maximum absolute atomic E-state index is 13.3. The molecule has 0 atom stereocenters. The quantitative estimate of drug-likeness (QED) is 0.791. The summed E-state index contributed by atoms with van der Waals surface area (Å²) < 4.78 is 13.3. The Kier molecular flexibility index (Phi) is 4.09. The first-order valence-electron chi connectivity index (χ1n) is 4.94. The van der Waals surface area contributed by atoms with Gasteiger partial charge in [0.25, 0.3) is 0 Å². The Balaban J connectivity index is 2.60. The number of aryl methyl sites for hydroxylation is 1. The van der Waals surface area contributed by atoms with Crippen LogP contribution in [0.2, 0.25) is 0 Å². The molecule has 0 radical (unpaired) electrons. The average molecular weight is 210 g/mol. The van der Waals surface area contributed by atoms with Crippen molar-refractivity contribution >= 4 is 11.7 Å². The van der Waals surface area contributed by atoms with E-state index in [9.17, 15) is 9.18 Å². The fourth-order valence-electron chi connectivity index (χ4n) is 1.13. The van der Waals surface area contributed by atoms with E-state index in [1.807, 2.05) is 6.92 Å². The number of nitrogens with one attached hydrogen (secondary N) is 2. The number of benzene rings is 1. The van der Waals surface area contributed by atoms with Crippen LogP contribution in [0.3, 0.4) is 0 Å². The minimum Gasteiger partial charge on any atom is -0.338 e. The predicted molar refractivity (Wildman–Crippen MR) is 58.4 cm³/mol. The fourth-order valence-corrected chi connectivity index (χ4v) is 1.13. The Morgan fingerprint density at radius 2 is 2.20 bits per heavy atom. The van der Waals surface area contributed by atoms with E-state index in [4.69, 9.17) is 0 Å². The molecule has 1 rings (SSSR count). The van der Waals surface area contributed by atoms with Crippen molar-refractivity contribution in [1.82, 2.24) is 5.32 Å². The van der Waals surface area contributed by atoms with E-state index in [2.05, 4.69) is 10.6 Å². The summed E-state index contributed by atoms with van der Waals surface area (Å²) in [6.07, 6.45) is 0.851. The van der Waals surface area contributed by atoms with E-state index in [-0.39, 0.29) is 11.7 Å². The van der Waals surface area contributed by atoms with Gasteiger partial charge < -0.3 is 10.6 Å². The molecule has 4 heteroatoms. The zero-order chi connectivity index (χ0) is 11.3. The van der Waals surface area contributed by atoms with Gasteiger partial charge in [-0.05, 0) is 31.0 Å². The molecule has 2 N–H and O–H groups in total. The minimum atomic E-state index is -0.415. The highest BCUT2D eigenvalue weighted by atomic mass is 19.1. The molecule has 0 fully saturated rings. The lowest BCUT2D eigenvalue weighted by atomic mass is 10.2. The van der Waals surface area contributed by atoms with Crippen LogP contribution in [0.5, 0.6) is 0 Å². The predicted octanol–water partition coefficient (Wildman–Crippen LogP) is 2.67. The van der Waals surface area contributed by atoms with Gasteiger partial charge in [-0.15, -0.1) is 0 Å². The second-order valence-corrected chi connectivity index (χ2v) is 3.36. The summed E-state index contributed by atoms with van der Waals surface area (Å²) in [5, 5.41) is 5.05. The van der Waals surface area contributed by atoms with Crippen LogP contribution in [0.1, 0.15) is 18.9 Å². The molecule has 0 aromatic heterocycles. The highest BCUT2D eigenvalue weighted by molar-refractivity contribution is 5.89. The third-order valence-electron chi connectivity index (χ3n) is 1.91. The molecule has 15 heavy (non-hydrogen) atoms. The molecule has 0 saturated carbocycles. The molecule has 2 amide bonds. The smallest absolute Gasteiger partial charge is 0.319 e. The number of halogens is 1. The molecule has 0 aliphatic heterocycles. The van der Waals surface area contributed by atoms with Crippen molar-refractivity contribution in [3.8, 4) is 0 Å². The normalized spacial score (nSPS) is 9.80. The summed E-state index contributed by atoms with van der Waals surface area (Å²) in [4.78, 5) is 11.2. The third-order valence-corrected chi connectivity index (χ3v) is 1.91. The Bertz CT molecular complexity index is 352. The molecule has 0 saturated heterocycles. The van der Waals surface area contributed by atoms with E-state index >= 15 is 0 Å². The van der Waals surface area contributed by atoms with Crippen LogP contribution in [-0.2, 0) is 0 Å². The van der Waals surface area contributed by atoms with Crippen molar-refractivity contribution in [2.45, 2.75) is 20.3 Å². The van der Waals surface area contributed by atoms with Crippen LogP contribution < -0.4 is 10.6 Å². The third kappa shape index (κ3) is 3.58. The summed E-state index contributed by atoms with van der Waals surface area (Å²) in [5.74, 6) is -0.415. The number of carbonyl (C=O) groups excluding carboxylic acids is 1. The van der Waals surface area contributed by atoms with Gasteiger partial charge in [-0.3, -0.25) is 0 Å². The molecule has 82 valence electrons. The van der Waals surface area contributed by atoms with E-state index in [1.165, 1.54) is 6.07 Å². The number of rotatable bonds is 3. The lowest BCUT2D eigenvalue weighted by molar-refractivity contribution is 0.252. The number of hydrogen-bond donors (Lipinski definition) is 2. The number of amides is 2. The molecule has 0 bridgehead atoms. The fraction of sp³-hybridized carbons (Fsp3) is 0.364. The van der Waals surface area contributed by atoms with Gasteiger partial charge in [0.2, 0.25) is 0 Å². The Morgan fingerprint density at radius 3 is 2.80 bits per heavy atom. The summed E-state index contributed by atoms with van der Waals surface area (Å²) in [6, 6.07) is 4.31. The topological polar surface area (TPSA) is 41.1 Å². The van der Waals surface area contributed by atoms with Gasteiger partial charge >= 0.3 is 6.03 Å². The first kappa shape index (κ1) is 11.5. The number of anilines is 1. The van der Waals surface area contributed by atoms with Gasteiger partial charge in [0.05, 0.1) is 5.69 Å². The van der Waals surface area contributed by atoms with Crippen LogP contribution in [-0.4, -0.2) is 12.6 Å². The maximum atomic E-state index is 13.3. The van der Waals surface area contributed by atoms with Gasteiger partial charge in [-0.2, -0.15) is 0 Å². The first-order valence-corrected chi connectivity index (χ1v) is 4.94. The summed E-state index contributed by atoms with van der Waals surface area (Å²) in [7, 11) is 0. The SMILES string of the molecule is CCCNC(=O)Nc1ccc(C)cc1F. The number of carbonyl (C=O) groups is 1. The first-order chi connectivity index (χ1) is 7.13. The lowest BCUT2D eigenvalue weighted by Gasteiger charge is -2.07. The highest BCUT2D eigenvalue weighted by Gasteiger charge is 2.05. The summed E-state index contributed by atoms with van der Waals surface area (Å²) in [5.41, 5.74) is 1.03. The van der Waals surface area contributed by atoms with Crippen LogP contribution in [0.25, 0.3) is 0 Å². The second kappa shape index (κ2) is 5.34. The van der Waals surface area contributed by atoms with Crippen molar-refractivity contribution in [2.75, 3.05) is 11.9 Å². The highest BCUT2D eigenvalue weighted by Crippen LogP contribution is 2.14. The standard InChI is InChI=1S/C11H15FN2O/c1-3-6-13-11(15)14-10-5-4-8(2)7-9(10)12/h4-5,7H,3,6H2,1-2H3,(H2,13,14,15). The van der Waals surface area contributed by atoms with Crippen LogP contribution in [0.15, 0.2) is 18.2 Å². The van der Waals surface area contributed by atoms with Gasteiger partial charge in [0.15, 0.2) is 0 Å². The van der Waals surface area contributed by atoms with Crippen LogP contribution >= 0.6 is 0 Å². The monoisotopic (exact) mass is 210 g/mol. The Morgan fingerprint density at radius 1 is 1.47 bits per heavy atom. The molecule has 1 aromatic carbocycles. The van der Waals surface area contributed by atoms with Crippen LogP contribution in [0.4, 0.5) is 14.9 Å². The lowest BCUT2D eigenvalue weighted by Crippen LogP contribution is -2.29. The Hall–Kier alpha value is -1.58. The van der Waals surface area contributed by atoms with Gasteiger partial charge in [0, 0.05) is 6.54 Å². The number of urea groups is 1. The van der Waals surface area contributed by atoms with Crippen molar-refractivity contribution in [1.29, 1.82) is 0 Å². The van der Waals surface area contributed by atoms with Crippen LogP contribution in [0, 0.1) is 12.7 Å². The van der Waals surface area contributed by atoms with E-state index in [0.29, 0.717) is 6.54 Å². The average Bonchev–Trinajstić information content (AvgIpc) is 2.19. The van der Waals surface area contributed by atoms with Gasteiger partial charge in [-0.1, -0.05) is 13.0 Å². The van der Waals surface area contributed by atoms with E-state index in [0.717, 1.165) is 12.0 Å². The summed E-state index contributed by atoms with van der Waals surface area (Å²) in [6.45, 7) is 4.33. The van der Waals surface area contributed by atoms with Gasteiger partial charge in [-0.25, -0.2) is 9.18 Å². The molecule has 3 nitrogen and oxygen atoms in total.